The third-order valence-electron chi connectivity index (χ3n) is 5.73. The zero-order chi connectivity index (χ0) is 18.7. The fourth-order valence-electron chi connectivity index (χ4n) is 3.89. The topological polar surface area (TPSA) is 67.2 Å². The van der Waals surface area contributed by atoms with E-state index in [2.05, 4.69) is 38.3 Å². The van der Waals surface area contributed by atoms with E-state index in [1.54, 1.807) is 0 Å². The van der Waals surface area contributed by atoms with E-state index in [9.17, 15) is 4.79 Å². The second kappa shape index (κ2) is 8.22. The number of nitrogens with two attached hydrogens (primary N) is 1. The second-order valence-electron chi connectivity index (χ2n) is 8.04. The number of carbonyl (C=O) groups is 1. The minimum atomic E-state index is 0.0315. The molecule has 4 nitrogen and oxygen atoms in total. The van der Waals surface area contributed by atoms with Gasteiger partial charge in [-0.3, -0.25) is 4.79 Å². The molecule has 1 saturated carbocycles. The van der Waals surface area contributed by atoms with E-state index >= 15 is 0 Å². The summed E-state index contributed by atoms with van der Waals surface area (Å²) < 4.78 is 0. The van der Waals surface area contributed by atoms with Gasteiger partial charge in [-0.2, -0.15) is 0 Å². The normalized spacial score (nSPS) is 20.6. The molecular formula is C21H35N3O. The predicted molar refractivity (Wildman–Crippen MR) is 106 cm³/mol. The van der Waals surface area contributed by atoms with E-state index in [-0.39, 0.29) is 11.9 Å². The number of benzene rings is 1. The fourth-order valence-corrected chi connectivity index (χ4v) is 3.89. The van der Waals surface area contributed by atoms with Gasteiger partial charge in [-0.05, 0) is 95.4 Å². The van der Waals surface area contributed by atoms with Gasteiger partial charge in [0.2, 0.25) is 0 Å². The smallest absolute Gasteiger partial charge is 0.252 e. The van der Waals surface area contributed by atoms with E-state index in [1.807, 2.05) is 13.8 Å². The summed E-state index contributed by atoms with van der Waals surface area (Å²) in [7, 11) is 0. The number of anilines is 1. The highest BCUT2D eigenvalue weighted by molar-refractivity contribution is 5.99. The molecule has 0 unspecified atom stereocenters. The quantitative estimate of drug-likeness (QED) is 0.756. The highest BCUT2D eigenvalue weighted by atomic mass is 16.1. The summed E-state index contributed by atoms with van der Waals surface area (Å²) in [5.74, 6) is 0.729. The molecule has 1 aliphatic rings. The fraction of sp³-hybridized carbons (Fsp3) is 0.667. The number of rotatable bonds is 5. The van der Waals surface area contributed by atoms with E-state index in [4.69, 9.17) is 5.73 Å². The number of hydrogen-bond donors (Lipinski definition) is 3. The van der Waals surface area contributed by atoms with Crippen molar-refractivity contribution in [1.29, 1.82) is 0 Å². The Balaban J connectivity index is 2.21. The molecule has 140 valence electrons. The van der Waals surface area contributed by atoms with Crippen LogP contribution in [0.4, 0.5) is 5.69 Å². The first-order chi connectivity index (χ1) is 11.7. The van der Waals surface area contributed by atoms with Crippen molar-refractivity contribution in [2.24, 2.45) is 11.7 Å². The number of nitrogens with one attached hydrogen (secondary N) is 2. The van der Waals surface area contributed by atoms with Gasteiger partial charge in [-0.1, -0.05) is 0 Å². The average Bonchev–Trinajstić information content (AvgIpc) is 2.54. The van der Waals surface area contributed by atoms with Crippen molar-refractivity contribution in [3.8, 4) is 0 Å². The van der Waals surface area contributed by atoms with Crippen molar-refractivity contribution in [1.82, 2.24) is 5.32 Å². The van der Waals surface area contributed by atoms with E-state index in [0.29, 0.717) is 12.0 Å². The van der Waals surface area contributed by atoms with Gasteiger partial charge in [0.25, 0.3) is 5.91 Å². The van der Waals surface area contributed by atoms with Crippen LogP contribution in [-0.4, -0.2) is 24.5 Å². The number of hydrogen-bond acceptors (Lipinski definition) is 3. The Hall–Kier alpha value is -1.55. The maximum atomic E-state index is 12.6. The van der Waals surface area contributed by atoms with Gasteiger partial charge >= 0.3 is 0 Å². The minimum absolute atomic E-state index is 0.0315. The number of amides is 1. The Morgan fingerprint density at radius 1 is 1.00 bits per heavy atom. The van der Waals surface area contributed by atoms with Crippen molar-refractivity contribution >= 4 is 11.6 Å². The molecule has 2 rings (SSSR count). The Morgan fingerprint density at radius 3 is 2.00 bits per heavy atom. The summed E-state index contributed by atoms with van der Waals surface area (Å²) in [4.78, 5) is 12.6. The molecule has 25 heavy (non-hydrogen) atoms. The molecule has 1 aromatic carbocycles. The molecule has 0 radical (unpaired) electrons. The molecular weight excluding hydrogens is 310 g/mol. The highest BCUT2D eigenvalue weighted by Crippen LogP contribution is 2.32. The summed E-state index contributed by atoms with van der Waals surface area (Å²) in [5.41, 5.74) is 12.6. The molecule has 1 aliphatic carbocycles. The van der Waals surface area contributed by atoms with Gasteiger partial charge in [-0.25, -0.2) is 0 Å². The maximum Gasteiger partial charge on any atom is 0.252 e. The molecule has 1 fully saturated rings. The van der Waals surface area contributed by atoms with Crippen LogP contribution in [0.25, 0.3) is 0 Å². The number of carbonyl (C=O) groups excluding carboxylic acids is 1. The van der Waals surface area contributed by atoms with Crippen LogP contribution in [0.5, 0.6) is 0 Å². The standard InChI is InChI=1S/C21H35N3O/c1-12(2)24-21(25)19-13(3)15(5)20(16(6)14(19)4)23-11-17-7-9-18(22)10-8-17/h12,17-18,23H,7-11,22H2,1-6H3,(H,24,25)/t17-,18-. The van der Waals surface area contributed by atoms with Crippen LogP contribution in [0, 0.1) is 33.6 Å². The molecule has 1 amide bonds. The van der Waals surface area contributed by atoms with Crippen LogP contribution in [-0.2, 0) is 0 Å². The third kappa shape index (κ3) is 4.55. The van der Waals surface area contributed by atoms with Gasteiger partial charge < -0.3 is 16.4 Å². The summed E-state index contributed by atoms with van der Waals surface area (Å²) in [5, 5.41) is 6.71. The first kappa shape index (κ1) is 19.8. The Kier molecular flexibility index (Phi) is 6.50. The first-order valence-electron chi connectivity index (χ1n) is 9.63. The largest absolute Gasteiger partial charge is 0.384 e. The predicted octanol–water partition coefficient (Wildman–Crippen LogP) is 3.99. The zero-order valence-electron chi connectivity index (χ0n) is 16.8. The molecule has 0 saturated heterocycles. The molecule has 4 N–H and O–H groups in total. The van der Waals surface area contributed by atoms with E-state index in [1.165, 1.54) is 29.7 Å². The lowest BCUT2D eigenvalue weighted by Gasteiger charge is -2.28. The monoisotopic (exact) mass is 345 g/mol. The van der Waals surface area contributed by atoms with Gasteiger partial charge in [0.15, 0.2) is 0 Å². The molecule has 0 atom stereocenters. The summed E-state index contributed by atoms with van der Waals surface area (Å²) in [6.45, 7) is 13.3. The molecule has 0 spiro atoms. The Bertz CT molecular complexity index is 600. The summed E-state index contributed by atoms with van der Waals surface area (Å²) >= 11 is 0. The SMILES string of the molecule is Cc1c(C)c(C(=O)NC(C)C)c(C)c(C)c1NC[C@H]1CC[C@H](N)CC1. The van der Waals surface area contributed by atoms with Crippen molar-refractivity contribution in [2.75, 3.05) is 11.9 Å². The van der Waals surface area contributed by atoms with Crippen molar-refractivity contribution in [3.63, 3.8) is 0 Å². The zero-order valence-corrected chi connectivity index (χ0v) is 16.8. The summed E-state index contributed by atoms with van der Waals surface area (Å²) in [6.07, 6.45) is 4.69. The van der Waals surface area contributed by atoms with Crippen LogP contribution in [0.15, 0.2) is 0 Å². The summed E-state index contributed by atoms with van der Waals surface area (Å²) in [6, 6.07) is 0.533. The molecule has 0 aliphatic heterocycles. The lowest BCUT2D eigenvalue weighted by atomic mass is 9.86. The van der Waals surface area contributed by atoms with E-state index in [0.717, 1.165) is 36.1 Å². The van der Waals surface area contributed by atoms with Crippen LogP contribution in [0.1, 0.15) is 72.1 Å². The minimum Gasteiger partial charge on any atom is -0.384 e. The molecule has 0 bridgehead atoms. The van der Waals surface area contributed by atoms with Crippen LogP contribution in [0.2, 0.25) is 0 Å². The van der Waals surface area contributed by atoms with Crippen molar-refractivity contribution in [2.45, 2.75) is 79.3 Å². The second-order valence-corrected chi connectivity index (χ2v) is 8.04. The van der Waals surface area contributed by atoms with Crippen LogP contribution >= 0.6 is 0 Å². The molecule has 0 heterocycles. The van der Waals surface area contributed by atoms with Crippen molar-refractivity contribution < 1.29 is 4.79 Å². The van der Waals surface area contributed by atoms with Gasteiger partial charge in [0, 0.05) is 29.9 Å². The van der Waals surface area contributed by atoms with Crippen molar-refractivity contribution in [3.05, 3.63) is 27.8 Å². The molecule has 0 aromatic heterocycles. The Labute approximate surface area is 153 Å². The molecule has 4 heteroatoms. The van der Waals surface area contributed by atoms with Crippen LogP contribution < -0.4 is 16.4 Å². The van der Waals surface area contributed by atoms with E-state index < -0.39 is 0 Å². The third-order valence-corrected chi connectivity index (χ3v) is 5.73. The lowest BCUT2D eigenvalue weighted by Crippen LogP contribution is -2.32. The lowest BCUT2D eigenvalue weighted by molar-refractivity contribution is 0.0941. The average molecular weight is 346 g/mol. The maximum absolute atomic E-state index is 12.6. The van der Waals surface area contributed by atoms with Gasteiger partial charge in [0.05, 0.1) is 0 Å². The van der Waals surface area contributed by atoms with Crippen LogP contribution in [0.3, 0.4) is 0 Å². The van der Waals surface area contributed by atoms with Gasteiger partial charge in [0.1, 0.15) is 0 Å². The first-order valence-corrected chi connectivity index (χ1v) is 9.63. The van der Waals surface area contributed by atoms with Gasteiger partial charge in [-0.15, -0.1) is 0 Å². The highest BCUT2D eigenvalue weighted by Gasteiger charge is 2.22. The Morgan fingerprint density at radius 2 is 1.52 bits per heavy atom. The molecule has 1 aromatic rings.